The Bertz CT molecular complexity index is 572. The summed E-state index contributed by atoms with van der Waals surface area (Å²) in [6, 6.07) is 13.6. The molecule has 1 nitrogen and oxygen atoms in total. The number of hydrogen-bond donors (Lipinski definition) is 0. The van der Waals surface area contributed by atoms with Crippen molar-refractivity contribution in [3.8, 4) is 11.1 Å². The van der Waals surface area contributed by atoms with Crippen LogP contribution in [0.5, 0.6) is 0 Å². The van der Waals surface area contributed by atoms with Crippen LogP contribution in [0.1, 0.15) is 15.9 Å². The van der Waals surface area contributed by atoms with E-state index in [4.69, 9.17) is 0 Å². The first-order valence-electron chi connectivity index (χ1n) is 4.71. The van der Waals surface area contributed by atoms with Gasteiger partial charge < -0.3 is 0 Å². The molecule has 1 aliphatic carbocycles. The first-order valence-corrected chi connectivity index (χ1v) is 5.51. The van der Waals surface area contributed by atoms with Gasteiger partial charge in [-0.1, -0.05) is 52.3 Å². The summed E-state index contributed by atoms with van der Waals surface area (Å²) in [5, 5.41) is 0. The van der Waals surface area contributed by atoms with Crippen LogP contribution in [0.15, 0.2) is 46.9 Å². The third kappa shape index (κ3) is 1.11. The Morgan fingerprint density at radius 2 is 1.47 bits per heavy atom. The van der Waals surface area contributed by atoms with Crippen LogP contribution >= 0.6 is 15.9 Å². The summed E-state index contributed by atoms with van der Waals surface area (Å²) in [6.07, 6.45) is 0. The minimum absolute atomic E-state index is 0.119. The molecule has 0 spiro atoms. The van der Waals surface area contributed by atoms with Gasteiger partial charge in [-0.05, 0) is 17.2 Å². The van der Waals surface area contributed by atoms with Crippen molar-refractivity contribution in [2.75, 3.05) is 0 Å². The molecule has 3 rings (SSSR count). The molecule has 0 radical (unpaired) electrons. The van der Waals surface area contributed by atoms with E-state index >= 15 is 0 Å². The molecule has 0 heterocycles. The first-order chi connectivity index (χ1) is 7.29. The van der Waals surface area contributed by atoms with Crippen molar-refractivity contribution in [1.29, 1.82) is 0 Å². The van der Waals surface area contributed by atoms with Crippen molar-refractivity contribution in [1.82, 2.24) is 0 Å². The third-order valence-corrected chi connectivity index (χ3v) is 3.36. The van der Waals surface area contributed by atoms with Crippen LogP contribution < -0.4 is 0 Å². The summed E-state index contributed by atoms with van der Waals surface area (Å²) in [7, 11) is 0. The summed E-state index contributed by atoms with van der Waals surface area (Å²) in [5.74, 6) is 0.119. The molecule has 0 saturated heterocycles. The van der Waals surface area contributed by atoms with Crippen LogP contribution in [0, 0.1) is 0 Å². The van der Waals surface area contributed by atoms with Crippen molar-refractivity contribution in [2.24, 2.45) is 0 Å². The van der Waals surface area contributed by atoms with Crippen LogP contribution in [0.25, 0.3) is 11.1 Å². The second-order valence-electron chi connectivity index (χ2n) is 3.54. The minimum Gasteiger partial charge on any atom is -0.289 e. The zero-order valence-electron chi connectivity index (χ0n) is 7.83. The Morgan fingerprint density at radius 3 is 2.27 bits per heavy atom. The molecule has 2 aromatic carbocycles. The average molecular weight is 259 g/mol. The van der Waals surface area contributed by atoms with E-state index in [9.17, 15) is 4.79 Å². The smallest absolute Gasteiger partial charge is 0.195 e. The fourth-order valence-corrected chi connectivity index (χ4v) is 2.58. The second-order valence-corrected chi connectivity index (χ2v) is 4.39. The third-order valence-electron chi connectivity index (χ3n) is 2.70. The minimum atomic E-state index is 0.119. The monoisotopic (exact) mass is 258 g/mol. The highest BCUT2D eigenvalue weighted by Gasteiger charge is 2.27. The molecule has 1 aliphatic rings. The lowest BCUT2D eigenvalue weighted by molar-refractivity contribution is 0.104. The van der Waals surface area contributed by atoms with E-state index in [2.05, 4.69) is 15.9 Å². The zero-order valence-corrected chi connectivity index (χ0v) is 9.41. The largest absolute Gasteiger partial charge is 0.289 e. The van der Waals surface area contributed by atoms with E-state index in [0.29, 0.717) is 0 Å². The Hall–Kier alpha value is -1.41. The predicted octanol–water partition coefficient (Wildman–Crippen LogP) is 3.66. The van der Waals surface area contributed by atoms with Gasteiger partial charge >= 0.3 is 0 Å². The Balaban J connectivity index is 2.43. The molecule has 0 unspecified atom stereocenters. The summed E-state index contributed by atoms with van der Waals surface area (Å²) in [6.45, 7) is 0. The van der Waals surface area contributed by atoms with E-state index < -0.39 is 0 Å². The maximum atomic E-state index is 12.1. The van der Waals surface area contributed by atoms with E-state index in [1.165, 1.54) is 0 Å². The highest BCUT2D eigenvalue weighted by Crippen LogP contribution is 2.39. The molecule has 15 heavy (non-hydrogen) atoms. The van der Waals surface area contributed by atoms with Gasteiger partial charge in [-0.2, -0.15) is 0 Å². The fraction of sp³-hybridized carbons (Fsp3) is 0. The average Bonchev–Trinajstić information content (AvgIpc) is 2.55. The van der Waals surface area contributed by atoms with Gasteiger partial charge in [-0.3, -0.25) is 4.79 Å². The summed E-state index contributed by atoms with van der Waals surface area (Å²) in [4.78, 5) is 12.1. The van der Waals surface area contributed by atoms with Gasteiger partial charge in [0.05, 0.1) is 0 Å². The molecule has 0 bridgehead atoms. The van der Waals surface area contributed by atoms with Crippen LogP contribution in [0.4, 0.5) is 0 Å². The number of carbonyl (C=O) groups is 1. The van der Waals surface area contributed by atoms with Gasteiger partial charge in [-0.15, -0.1) is 0 Å². The number of hydrogen-bond acceptors (Lipinski definition) is 1. The van der Waals surface area contributed by atoms with Crippen molar-refractivity contribution in [2.45, 2.75) is 0 Å². The Kier molecular flexibility index (Phi) is 1.80. The van der Waals surface area contributed by atoms with E-state index in [1.54, 1.807) is 0 Å². The van der Waals surface area contributed by atoms with Gasteiger partial charge in [0.15, 0.2) is 5.78 Å². The van der Waals surface area contributed by atoms with E-state index in [0.717, 1.165) is 26.7 Å². The summed E-state index contributed by atoms with van der Waals surface area (Å²) >= 11 is 3.43. The summed E-state index contributed by atoms with van der Waals surface area (Å²) in [5.41, 5.74) is 3.67. The van der Waals surface area contributed by atoms with Crippen molar-refractivity contribution >= 4 is 21.7 Å². The van der Waals surface area contributed by atoms with Gasteiger partial charge in [-0.25, -0.2) is 0 Å². The molecular weight excluding hydrogens is 252 g/mol. The maximum Gasteiger partial charge on any atom is 0.195 e. The summed E-state index contributed by atoms with van der Waals surface area (Å²) < 4.78 is 0.876. The molecule has 0 aromatic heterocycles. The Morgan fingerprint density at radius 1 is 0.800 bits per heavy atom. The SMILES string of the molecule is O=C1c2ccccc2-c2cccc(Br)c21. The van der Waals surface area contributed by atoms with Gasteiger partial charge in [0, 0.05) is 15.6 Å². The van der Waals surface area contributed by atoms with Gasteiger partial charge in [0.1, 0.15) is 0 Å². The number of benzene rings is 2. The van der Waals surface area contributed by atoms with Crippen LogP contribution in [0.2, 0.25) is 0 Å². The lowest BCUT2D eigenvalue weighted by atomic mass is 10.1. The van der Waals surface area contributed by atoms with Crippen molar-refractivity contribution in [3.63, 3.8) is 0 Å². The quantitative estimate of drug-likeness (QED) is 0.602. The lowest BCUT2D eigenvalue weighted by Gasteiger charge is -1.99. The first kappa shape index (κ1) is 8.86. The number of carbonyl (C=O) groups excluding carboxylic acids is 1. The molecule has 0 aliphatic heterocycles. The van der Waals surface area contributed by atoms with Crippen LogP contribution in [-0.4, -0.2) is 5.78 Å². The fourth-order valence-electron chi connectivity index (χ4n) is 2.03. The molecule has 0 amide bonds. The molecule has 72 valence electrons. The molecule has 2 aromatic rings. The zero-order chi connectivity index (χ0) is 10.4. The van der Waals surface area contributed by atoms with E-state index in [1.807, 2.05) is 42.5 Å². The normalized spacial score (nSPS) is 12.5. The lowest BCUT2D eigenvalue weighted by Crippen LogP contribution is -1.95. The molecule has 0 saturated carbocycles. The Labute approximate surface area is 95.9 Å². The van der Waals surface area contributed by atoms with E-state index in [-0.39, 0.29) is 5.78 Å². The predicted molar refractivity (Wildman–Crippen MR) is 63.0 cm³/mol. The van der Waals surface area contributed by atoms with Crippen LogP contribution in [-0.2, 0) is 0 Å². The van der Waals surface area contributed by atoms with Crippen molar-refractivity contribution in [3.05, 3.63) is 58.1 Å². The highest BCUT2D eigenvalue weighted by molar-refractivity contribution is 9.10. The number of ketones is 1. The highest BCUT2D eigenvalue weighted by atomic mass is 79.9. The van der Waals surface area contributed by atoms with Crippen LogP contribution in [0.3, 0.4) is 0 Å². The number of rotatable bonds is 0. The standard InChI is InChI=1S/C13H7BrO/c14-11-7-3-6-9-8-4-1-2-5-10(8)13(15)12(9)11/h1-7H. The molecule has 0 fully saturated rings. The number of fused-ring (bicyclic) bond motifs is 3. The topological polar surface area (TPSA) is 17.1 Å². The number of halogens is 1. The molecular formula is C13H7BrO. The maximum absolute atomic E-state index is 12.1. The molecule has 0 atom stereocenters. The van der Waals surface area contributed by atoms with Gasteiger partial charge in [0.2, 0.25) is 0 Å². The van der Waals surface area contributed by atoms with Crippen molar-refractivity contribution < 1.29 is 4.79 Å². The van der Waals surface area contributed by atoms with Gasteiger partial charge in [0.25, 0.3) is 0 Å². The molecule has 2 heteroatoms. The molecule has 0 N–H and O–H groups in total. The second kappa shape index (κ2) is 3.04.